The third-order valence-electron chi connectivity index (χ3n) is 6.21. The smallest absolute Gasteiger partial charge is 0.281 e. The van der Waals surface area contributed by atoms with E-state index in [1.54, 1.807) is 41.5 Å². The van der Waals surface area contributed by atoms with E-state index in [1.807, 2.05) is 6.92 Å². The summed E-state index contributed by atoms with van der Waals surface area (Å²) in [5.74, 6) is 7.16. The molecule has 0 aliphatic carbocycles. The number of fused-ring (bicyclic) bond motifs is 1. The number of benzene rings is 1. The molecule has 4 heterocycles. The molecule has 0 saturated carbocycles. The van der Waals surface area contributed by atoms with Crippen LogP contribution >= 0.6 is 11.6 Å². The number of anilines is 2. The summed E-state index contributed by atoms with van der Waals surface area (Å²) in [6, 6.07) is 4.88. The fourth-order valence-corrected chi connectivity index (χ4v) is 4.65. The minimum Gasteiger partial charge on any atom is -0.382 e. The van der Waals surface area contributed by atoms with Crippen molar-refractivity contribution < 1.29 is 0 Å². The van der Waals surface area contributed by atoms with Crippen LogP contribution in [0.15, 0.2) is 47.9 Å². The number of nitrogens with one attached hydrogen (secondary N) is 1. The summed E-state index contributed by atoms with van der Waals surface area (Å²) in [6.07, 6.45) is 10.3. The zero-order valence-corrected chi connectivity index (χ0v) is 21.1. The first-order valence-electron chi connectivity index (χ1n) is 12.1. The van der Waals surface area contributed by atoms with Crippen molar-refractivity contribution in [3.8, 4) is 11.8 Å². The molecule has 1 aliphatic heterocycles. The molecule has 188 valence electrons. The molecule has 4 aromatic rings. The van der Waals surface area contributed by atoms with Crippen molar-refractivity contribution >= 4 is 34.1 Å². The second-order valence-electron chi connectivity index (χ2n) is 8.78. The van der Waals surface area contributed by atoms with Crippen LogP contribution in [0.4, 0.5) is 11.6 Å². The van der Waals surface area contributed by atoms with Gasteiger partial charge in [-0.2, -0.15) is 0 Å². The Hall–Kier alpha value is -4.23. The molecule has 1 fully saturated rings. The maximum atomic E-state index is 13.8. The van der Waals surface area contributed by atoms with Gasteiger partial charge in [0, 0.05) is 25.5 Å². The summed E-state index contributed by atoms with van der Waals surface area (Å²) in [7, 11) is 0. The zero-order chi connectivity index (χ0) is 25.8. The Bertz CT molecular complexity index is 1540. The van der Waals surface area contributed by atoms with Gasteiger partial charge in [0.2, 0.25) is 0 Å². The molecule has 0 radical (unpaired) electrons. The third kappa shape index (κ3) is 5.17. The standard InChI is InChI=1S/C26H26ClN9O/c1-17(33-24-19(23(28)31-16-32-24)10-9-18-15-29-11-12-30-18)25-34-21-8-6-7-20(27)22(21)26(37)36(25)35-13-4-2-3-5-14-35/h6-8,11-12,15-17H,2-5,13-14H2,1H3,(H3,28,31,32,33). The fraction of sp³-hybridized carbons (Fsp3) is 0.308. The first-order valence-corrected chi connectivity index (χ1v) is 12.5. The molecule has 1 aliphatic rings. The molecule has 11 heteroatoms. The van der Waals surface area contributed by atoms with Crippen molar-refractivity contribution in [3.05, 3.63) is 75.6 Å². The largest absolute Gasteiger partial charge is 0.382 e. The minimum atomic E-state index is -0.425. The summed E-state index contributed by atoms with van der Waals surface area (Å²) >= 11 is 6.45. The fourth-order valence-electron chi connectivity index (χ4n) is 4.40. The second-order valence-corrected chi connectivity index (χ2v) is 9.19. The van der Waals surface area contributed by atoms with E-state index < -0.39 is 6.04 Å². The van der Waals surface area contributed by atoms with Gasteiger partial charge in [-0.15, -0.1) is 0 Å². The molecular weight excluding hydrogens is 490 g/mol. The van der Waals surface area contributed by atoms with Gasteiger partial charge in [-0.25, -0.2) is 24.6 Å². The molecule has 10 nitrogen and oxygen atoms in total. The monoisotopic (exact) mass is 515 g/mol. The van der Waals surface area contributed by atoms with Crippen LogP contribution in [-0.4, -0.2) is 42.7 Å². The van der Waals surface area contributed by atoms with E-state index in [-0.39, 0.29) is 11.4 Å². The Morgan fingerprint density at radius 2 is 1.89 bits per heavy atom. The van der Waals surface area contributed by atoms with Gasteiger partial charge in [0.1, 0.15) is 29.2 Å². The number of halogens is 1. The van der Waals surface area contributed by atoms with Crippen molar-refractivity contribution in [2.45, 2.75) is 38.6 Å². The Kier molecular flexibility index (Phi) is 7.14. The topological polar surface area (TPSA) is 128 Å². The highest BCUT2D eigenvalue weighted by Crippen LogP contribution is 2.25. The van der Waals surface area contributed by atoms with E-state index in [1.165, 1.54) is 6.33 Å². The average molecular weight is 516 g/mol. The number of nitrogen functional groups attached to an aromatic ring is 1. The number of hydrogen-bond donors (Lipinski definition) is 2. The van der Waals surface area contributed by atoms with Gasteiger partial charge in [-0.05, 0) is 37.8 Å². The van der Waals surface area contributed by atoms with Crippen LogP contribution in [-0.2, 0) is 0 Å². The molecule has 1 saturated heterocycles. The second kappa shape index (κ2) is 10.8. The van der Waals surface area contributed by atoms with Crippen LogP contribution in [0, 0.1) is 11.8 Å². The van der Waals surface area contributed by atoms with Crippen LogP contribution < -0.4 is 21.6 Å². The Labute approximate surface area is 218 Å². The van der Waals surface area contributed by atoms with E-state index in [0.717, 1.165) is 38.8 Å². The van der Waals surface area contributed by atoms with Crippen molar-refractivity contribution in [1.29, 1.82) is 0 Å². The number of rotatable bonds is 4. The molecule has 1 aromatic carbocycles. The lowest BCUT2D eigenvalue weighted by atomic mass is 10.2. The van der Waals surface area contributed by atoms with Crippen LogP contribution in [0.3, 0.4) is 0 Å². The summed E-state index contributed by atoms with van der Waals surface area (Å²) in [4.78, 5) is 35.4. The van der Waals surface area contributed by atoms with Gasteiger partial charge in [0.05, 0.1) is 28.2 Å². The maximum Gasteiger partial charge on any atom is 0.281 e. The molecule has 0 amide bonds. The number of nitrogens with zero attached hydrogens (tertiary/aromatic N) is 7. The molecular formula is C26H26ClN9O. The number of aromatic nitrogens is 6. The van der Waals surface area contributed by atoms with E-state index in [2.05, 4.69) is 42.1 Å². The van der Waals surface area contributed by atoms with Crippen LogP contribution in [0.25, 0.3) is 10.9 Å². The lowest BCUT2D eigenvalue weighted by Crippen LogP contribution is -2.46. The summed E-state index contributed by atoms with van der Waals surface area (Å²) in [5.41, 5.74) is 7.42. The van der Waals surface area contributed by atoms with Crippen molar-refractivity contribution in [2.24, 2.45) is 0 Å². The maximum absolute atomic E-state index is 13.8. The molecule has 0 bridgehead atoms. The number of hydrogen-bond acceptors (Lipinski definition) is 9. The Morgan fingerprint density at radius 3 is 2.65 bits per heavy atom. The summed E-state index contributed by atoms with van der Waals surface area (Å²) in [6.45, 7) is 3.43. The van der Waals surface area contributed by atoms with E-state index >= 15 is 0 Å². The van der Waals surface area contributed by atoms with Crippen molar-refractivity contribution in [1.82, 2.24) is 29.6 Å². The van der Waals surface area contributed by atoms with Crippen LogP contribution in [0.1, 0.15) is 55.7 Å². The van der Waals surface area contributed by atoms with E-state index in [9.17, 15) is 4.79 Å². The molecule has 1 unspecified atom stereocenters. The predicted octanol–water partition coefficient (Wildman–Crippen LogP) is 3.30. The van der Waals surface area contributed by atoms with E-state index in [4.69, 9.17) is 22.3 Å². The Morgan fingerprint density at radius 1 is 1.08 bits per heavy atom. The van der Waals surface area contributed by atoms with E-state index in [0.29, 0.717) is 38.8 Å². The zero-order valence-electron chi connectivity index (χ0n) is 20.4. The molecule has 37 heavy (non-hydrogen) atoms. The van der Waals surface area contributed by atoms with Gasteiger partial charge < -0.3 is 16.1 Å². The first-order chi connectivity index (χ1) is 18.0. The third-order valence-corrected chi connectivity index (χ3v) is 6.53. The average Bonchev–Trinajstić information content (AvgIpc) is 3.18. The first kappa shape index (κ1) is 24.5. The predicted molar refractivity (Wildman–Crippen MR) is 144 cm³/mol. The van der Waals surface area contributed by atoms with Gasteiger partial charge >= 0.3 is 0 Å². The van der Waals surface area contributed by atoms with Crippen LogP contribution in [0.5, 0.6) is 0 Å². The highest BCUT2D eigenvalue weighted by molar-refractivity contribution is 6.35. The molecule has 3 N–H and O–H groups in total. The van der Waals surface area contributed by atoms with Gasteiger partial charge in [0.25, 0.3) is 5.56 Å². The lowest BCUT2D eigenvalue weighted by Gasteiger charge is -2.29. The van der Waals surface area contributed by atoms with Crippen molar-refractivity contribution in [3.63, 3.8) is 0 Å². The lowest BCUT2D eigenvalue weighted by molar-refractivity contribution is 0.528. The van der Waals surface area contributed by atoms with Gasteiger partial charge in [-0.3, -0.25) is 9.78 Å². The minimum absolute atomic E-state index is 0.189. The van der Waals surface area contributed by atoms with Gasteiger partial charge in [0.15, 0.2) is 5.82 Å². The summed E-state index contributed by atoms with van der Waals surface area (Å²) in [5, 5.41) is 6.22. The molecule has 1 atom stereocenters. The van der Waals surface area contributed by atoms with Gasteiger partial charge in [-0.1, -0.05) is 36.4 Å². The van der Waals surface area contributed by atoms with Crippen molar-refractivity contribution in [2.75, 3.05) is 29.1 Å². The summed E-state index contributed by atoms with van der Waals surface area (Å²) < 4.78 is 1.67. The number of nitrogens with two attached hydrogens (primary N) is 1. The highest BCUT2D eigenvalue weighted by atomic mass is 35.5. The molecule has 3 aromatic heterocycles. The van der Waals surface area contributed by atoms with Crippen LogP contribution in [0.2, 0.25) is 5.02 Å². The Balaban J connectivity index is 1.58. The quantitative estimate of drug-likeness (QED) is 0.393. The highest BCUT2D eigenvalue weighted by Gasteiger charge is 2.24. The SMILES string of the molecule is CC(Nc1ncnc(N)c1C#Cc1cnccn1)c1nc2cccc(Cl)c2c(=O)n1N1CCCCCC1. The molecule has 0 spiro atoms. The molecule has 5 rings (SSSR count). The normalized spacial score (nSPS) is 14.5.